The molecule has 2 aromatic carbocycles. The predicted octanol–water partition coefficient (Wildman–Crippen LogP) is 4.75. The van der Waals surface area contributed by atoms with Gasteiger partial charge in [-0.3, -0.25) is 14.5 Å². The molecule has 2 heterocycles. The molecule has 6 heteroatoms. The van der Waals surface area contributed by atoms with Crippen molar-refractivity contribution in [2.75, 3.05) is 19.0 Å². The highest BCUT2D eigenvalue weighted by Gasteiger charge is 2.39. The molecule has 0 fully saturated rings. The fraction of sp³-hybridized carbons (Fsp3) is 0.200. The number of benzene rings is 2. The standard InChI is InChI=1S/C25H24N2O3S/c1-3-17-6-10-19(11-7-17)26-23-22(21-5-4-16-31-21)24(28)27(25(23)29)15-14-18-8-12-20(30-2)13-9-18/h4-13,16,26H,3,14-15H2,1-2H3. The SMILES string of the molecule is CCc1ccc(NC2=C(c3cccs3)C(=O)N(CCc3ccc(OC)cc3)C2=O)cc1. The van der Waals surface area contributed by atoms with Crippen LogP contribution in [0.15, 0.2) is 71.7 Å². The molecule has 1 N–H and O–H groups in total. The van der Waals surface area contributed by atoms with E-state index in [1.54, 1.807) is 7.11 Å². The molecule has 5 nitrogen and oxygen atoms in total. The molecule has 1 aromatic heterocycles. The molecule has 0 radical (unpaired) electrons. The van der Waals surface area contributed by atoms with Crippen LogP contribution >= 0.6 is 11.3 Å². The summed E-state index contributed by atoms with van der Waals surface area (Å²) >= 11 is 1.46. The molecular weight excluding hydrogens is 408 g/mol. The van der Waals surface area contributed by atoms with Crippen molar-refractivity contribution in [3.63, 3.8) is 0 Å². The maximum Gasteiger partial charge on any atom is 0.278 e. The van der Waals surface area contributed by atoms with E-state index in [0.717, 1.165) is 28.3 Å². The third kappa shape index (κ3) is 4.39. The maximum absolute atomic E-state index is 13.2. The summed E-state index contributed by atoms with van der Waals surface area (Å²) in [7, 11) is 1.62. The number of nitrogens with zero attached hydrogens (tertiary/aromatic N) is 1. The van der Waals surface area contributed by atoms with Crippen molar-refractivity contribution in [1.82, 2.24) is 4.90 Å². The fourth-order valence-corrected chi connectivity index (χ4v) is 4.31. The quantitative estimate of drug-likeness (QED) is 0.522. The summed E-state index contributed by atoms with van der Waals surface area (Å²) in [5, 5.41) is 5.12. The van der Waals surface area contributed by atoms with E-state index in [9.17, 15) is 9.59 Å². The Morgan fingerprint density at radius 1 is 0.935 bits per heavy atom. The van der Waals surface area contributed by atoms with E-state index in [4.69, 9.17) is 4.74 Å². The van der Waals surface area contributed by atoms with E-state index in [0.29, 0.717) is 24.2 Å². The zero-order chi connectivity index (χ0) is 21.8. The summed E-state index contributed by atoms with van der Waals surface area (Å²) in [6, 6.07) is 19.4. The second-order valence-electron chi connectivity index (χ2n) is 7.26. The molecular formula is C25H24N2O3S. The Labute approximate surface area is 186 Å². The lowest BCUT2D eigenvalue weighted by molar-refractivity contribution is -0.136. The molecule has 3 aromatic rings. The van der Waals surface area contributed by atoms with E-state index in [1.165, 1.54) is 21.8 Å². The minimum atomic E-state index is -0.290. The summed E-state index contributed by atoms with van der Waals surface area (Å²) in [4.78, 5) is 28.6. The number of imide groups is 1. The summed E-state index contributed by atoms with van der Waals surface area (Å²) in [5.74, 6) is 0.231. The lowest BCUT2D eigenvalue weighted by atomic mass is 10.1. The van der Waals surface area contributed by atoms with Gasteiger partial charge in [-0.1, -0.05) is 37.3 Å². The van der Waals surface area contributed by atoms with Gasteiger partial charge in [0.15, 0.2) is 0 Å². The van der Waals surface area contributed by atoms with Crippen LogP contribution in [0.25, 0.3) is 5.57 Å². The highest BCUT2D eigenvalue weighted by Crippen LogP contribution is 2.33. The number of anilines is 1. The van der Waals surface area contributed by atoms with Crippen molar-refractivity contribution in [2.24, 2.45) is 0 Å². The first-order valence-corrected chi connectivity index (χ1v) is 11.1. The van der Waals surface area contributed by atoms with Gasteiger partial charge in [0, 0.05) is 17.1 Å². The van der Waals surface area contributed by atoms with E-state index >= 15 is 0 Å². The van der Waals surface area contributed by atoms with Crippen molar-refractivity contribution >= 4 is 34.4 Å². The average molecular weight is 433 g/mol. The number of aryl methyl sites for hydroxylation is 1. The molecule has 158 valence electrons. The van der Waals surface area contributed by atoms with Crippen LogP contribution in [-0.2, 0) is 22.4 Å². The molecule has 1 aliphatic heterocycles. The van der Waals surface area contributed by atoms with Crippen LogP contribution in [0.1, 0.15) is 22.9 Å². The normalized spacial score (nSPS) is 13.8. The third-order valence-electron chi connectivity index (χ3n) is 5.35. The van der Waals surface area contributed by atoms with Gasteiger partial charge in [-0.2, -0.15) is 0 Å². The van der Waals surface area contributed by atoms with Gasteiger partial charge in [0.1, 0.15) is 11.4 Å². The Bertz CT molecular complexity index is 1100. The van der Waals surface area contributed by atoms with Crippen molar-refractivity contribution in [3.8, 4) is 5.75 Å². The molecule has 1 aliphatic rings. The van der Waals surface area contributed by atoms with Gasteiger partial charge in [0.25, 0.3) is 11.8 Å². The highest BCUT2D eigenvalue weighted by molar-refractivity contribution is 7.11. The van der Waals surface area contributed by atoms with E-state index in [2.05, 4.69) is 12.2 Å². The van der Waals surface area contributed by atoms with Crippen molar-refractivity contribution in [1.29, 1.82) is 0 Å². The first kappa shape index (κ1) is 20.9. The van der Waals surface area contributed by atoms with E-state index < -0.39 is 0 Å². The lowest BCUT2D eigenvalue weighted by Gasteiger charge is -2.15. The third-order valence-corrected chi connectivity index (χ3v) is 6.24. The molecule has 31 heavy (non-hydrogen) atoms. The van der Waals surface area contributed by atoms with Crippen LogP contribution in [0, 0.1) is 0 Å². The molecule has 0 unspecified atom stereocenters. The molecule has 0 saturated heterocycles. The molecule has 0 saturated carbocycles. The number of amides is 2. The summed E-state index contributed by atoms with van der Waals surface area (Å²) < 4.78 is 5.19. The fourth-order valence-electron chi connectivity index (χ4n) is 3.55. The minimum absolute atomic E-state index is 0.256. The number of nitrogens with one attached hydrogen (secondary N) is 1. The maximum atomic E-state index is 13.2. The first-order valence-electron chi connectivity index (χ1n) is 10.2. The second kappa shape index (κ2) is 9.18. The largest absolute Gasteiger partial charge is 0.497 e. The smallest absolute Gasteiger partial charge is 0.278 e. The molecule has 0 bridgehead atoms. The van der Waals surface area contributed by atoms with Crippen LogP contribution in [0.3, 0.4) is 0 Å². The Kier molecular flexibility index (Phi) is 6.18. The van der Waals surface area contributed by atoms with Gasteiger partial charge in [0.2, 0.25) is 0 Å². The lowest BCUT2D eigenvalue weighted by Crippen LogP contribution is -2.34. The molecule has 4 rings (SSSR count). The zero-order valence-electron chi connectivity index (χ0n) is 17.6. The average Bonchev–Trinajstić information content (AvgIpc) is 3.40. The number of methoxy groups -OCH3 is 1. The molecule has 0 aliphatic carbocycles. The molecule has 0 spiro atoms. The predicted molar refractivity (Wildman–Crippen MR) is 124 cm³/mol. The van der Waals surface area contributed by atoms with Gasteiger partial charge in [-0.15, -0.1) is 11.3 Å². The van der Waals surface area contributed by atoms with Gasteiger partial charge in [-0.25, -0.2) is 0 Å². The summed E-state index contributed by atoms with van der Waals surface area (Å²) in [6.07, 6.45) is 1.53. The van der Waals surface area contributed by atoms with Crippen molar-refractivity contribution in [3.05, 3.63) is 87.7 Å². The summed E-state index contributed by atoms with van der Waals surface area (Å²) in [6.45, 7) is 2.42. The monoisotopic (exact) mass is 432 g/mol. The Morgan fingerprint density at radius 3 is 2.26 bits per heavy atom. The Balaban J connectivity index is 1.57. The number of hydrogen-bond acceptors (Lipinski definition) is 5. The van der Waals surface area contributed by atoms with E-state index in [-0.39, 0.29) is 11.8 Å². The van der Waals surface area contributed by atoms with Crippen LogP contribution < -0.4 is 10.1 Å². The van der Waals surface area contributed by atoms with Crippen molar-refractivity contribution in [2.45, 2.75) is 19.8 Å². The first-order chi connectivity index (χ1) is 15.1. The number of thiophene rings is 1. The second-order valence-corrected chi connectivity index (χ2v) is 8.21. The number of rotatable bonds is 8. The Morgan fingerprint density at radius 2 is 1.65 bits per heavy atom. The highest BCUT2D eigenvalue weighted by atomic mass is 32.1. The summed E-state index contributed by atoms with van der Waals surface area (Å²) in [5.41, 5.74) is 3.82. The van der Waals surface area contributed by atoms with Crippen molar-refractivity contribution < 1.29 is 14.3 Å². The molecule has 2 amide bonds. The molecule has 0 atom stereocenters. The van der Waals surface area contributed by atoms with Crippen LogP contribution in [0.4, 0.5) is 5.69 Å². The van der Waals surface area contributed by atoms with Crippen LogP contribution in [0.5, 0.6) is 5.75 Å². The number of carbonyl (C=O) groups is 2. The number of hydrogen-bond donors (Lipinski definition) is 1. The van der Waals surface area contributed by atoms with Gasteiger partial charge >= 0.3 is 0 Å². The van der Waals surface area contributed by atoms with Crippen LogP contribution in [-0.4, -0.2) is 30.4 Å². The number of carbonyl (C=O) groups excluding carboxylic acids is 2. The Hall–Kier alpha value is -3.38. The zero-order valence-corrected chi connectivity index (χ0v) is 18.4. The van der Waals surface area contributed by atoms with Crippen LogP contribution in [0.2, 0.25) is 0 Å². The number of ether oxygens (including phenoxy) is 1. The van der Waals surface area contributed by atoms with Gasteiger partial charge in [0.05, 0.1) is 12.7 Å². The van der Waals surface area contributed by atoms with E-state index in [1.807, 2.05) is 66.0 Å². The topological polar surface area (TPSA) is 58.6 Å². The minimum Gasteiger partial charge on any atom is -0.497 e. The van der Waals surface area contributed by atoms with Gasteiger partial charge < -0.3 is 10.1 Å². The van der Waals surface area contributed by atoms with Gasteiger partial charge in [-0.05, 0) is 59.7 Å².